The highest BCUT2D eigenvalue weighted by Crippen LogP contribution is 2.25. The summed E-state index contributed by atoms with van der Waals surface area (Å²) in [4.78, 5) is 4.64. The molecular weight excluding hydrogens is 264 g/mol. The summed E-state index contributed by atoms with van der Waals surface area (Å²) in [5.74, 6) is 1.14. The Labute approximate surface area is 118 Å². The van der Waals surface area contributed by atoms with Crippen LogP contribution in [0.1, 0.15) is 32.3 Å². The Bertz CT molecular complexity index is 447. The van der Waals surface area contributed by atoms with E-state index in [1.807, 2.05) is 24.3 Å². The summed E-state index contributed by atoms with van der Waals surface area (Å²) >= 11 is 7.93. The van der Waals surface area contributed by atoms with Gasteiger partial charge in [0.25, 0.3) is 0 Å². The molecule has 98 valence electrons. The van der Waals surface area contributed by atoms with Gasteiger partial charge in [-0.3, -0.25) is 4.99 Å². The Morgan fingerprint density at radius 2 is 2.22 bits per heavy atom. The van der Waals surface area contributed by atoms with E-state index in [0.717, 1.165) is 27.9 Å². The number of aliphatic imine (C=N–C) groups is 1. The second-order valence-corrected chi connectivity index (χ2v) is 6.34. The van der Waals surface area contributed by atoms with Crippen molar-refractivity contribution in [3.05, 3.63) is 34.9 Å². The molecule has 1 aromatic rings. The highest BCUT2D eigenvalue weighted by atomic mass is 35.5. The summed E-state index contributed by atoms with van der Waals surface area (Å²) in [7, 11) is 0. The number of nitrogens with one attached hydrogen (secondary N) is 1. The predicted molar refractivity (Wildman–Crippen MR) is 81.5 cm³/mol. The molecule has 1 N–H and O–H groups in total. The molecule has 0 saturated carbocycles. The van der Waals surface area contributed by atoms with Crippen LogP contribution in [0.15, 0.2) is 29.3 Å². The summed E-state index contributed by atoms with van der Waals surface area (Å²) in [6.45, 7) is 5.13. The molecule has 1 unspecified atom stereocenters. The SMILES string of the molecule is CCC1(C)CCSC(=NCc2ccccc2Cl)N1. The van der Waals surface area contributed by atoms with E-state index in [1.54, 1.807) is 11.8 Å². The number of nitrogens with zero attached hydrogens (tertiary/aromatic N) is 1. The van der Waals surface area contributed by atoms with Crippen LogP contribution in [-0.2, 0) is 6.54 Å². The maximum Gasteiger partial charge on any atom is 0.157 e. The molecule has 1 fully saturated rings. The Morgan fingerprint density at radius 1 is 1.44 bits per heavy atom. The van der Waals surface area contributed by atoms with Crippen LogP contribution in [0.2, 0.25) is 5.02 Å². The zero-order valence-corrected chi connectivity index (χ0v) is 12.4. The summed E-state index contributed by atoms with van der Waals surface area (Å²) in [6, 6.07) is 7.88. The number of hydrogen-bond acceptors (Lipinski definition) is 2. The van der Waals surface area contributed by atoms with Gasteiger partial charge in [0, 0.05) is 16.3 Å². The third kappa shape index (κ3) is 3.42. The molecule has 1 aliphatic rings. The van der Waals surface area contributed by atoms with Crippen molar-refractivity contribution in [1.29, 1.82) is 0 Å². The second kappa shape index (κ2) is 5.98. The minimum absolute atomic E-state index is 0.199. The number of benzene rings is 1. The Hall–Kier alpha value is -0.670. The van der Waals surface area contributed by atoms with Crippen LogP contribution in [0, 0.1) is 0 Å². The molecule has 18 heavy (non-hydrogen) atoms. The highest BCUT2D eigenvalue weighted by molar-refractivity contribution is 8.13. The van der Waals surface area contributed by atoms with Gasteiger partial charge in [0.1, 0.15) is 0 Å². The molecule has 1 atom stereocenters. The summed E-state index contributed by atoms with van der Waals surface area (Å²) < 4.78 is 0. The average Bonchev–Trinajstić information content (AvgIpc) is 2.38. The zero-order valence-electron chi connectivity index (χ0n) is 10.9. The zero-order chi connectivity index (χ0) is 13.0. The summed E-state index contributed by atoms with van der Waals surface area (Å²) in [5.41, 5.74) is 1.28. The van der Waals surface area contributed by atoms with E-state index in [9.17, 15) is 0 Å². The molecule has 4 heteroatoms. The largest absolute Gasteiger partial charge is 0.360 e. The first-order valence-electron chi connectivity index (χ1n) is 6.32. The topological polar surface area (TPSA) is 24.4 Å². The van der Waals surface area contributed by atoms with E-state index in [-0.39, 0.29) is 5.54 Å². The highest BCUT2D eigenvalue weighted by Gasteiger charge is 2.27. The lowest BCUT2D eigenvalue weighted by atomic mass is 9.96. The van der Waals surface area contributed by atoms with Crippen LogP contribution in [0.5, 0.6) is 0 Å². The lowest BCUT2D eigenvalue weighted by molar-refractivity contribution is 0.390. The first kappa shape index (κ1) is 13.8. The van der Waals surface area contributed by atoms with Crippen molar-refractivity contribution in [1.82, 2.24) is 5.32 Å². The molecular formula is C14H19ClN2S. The fraction of sp³-hybridized carbons (Fsp3) is 0.500. The van der Waals surface area contributed by atoms with Gasteiger partial charge in [-0.15, -0.1) is 0 Å². The molecule has 0 spiro atoms. The lowest BCUT2D eigenvalue weighted by Crippen LogP contribution is -2.48. The normalized spacial score (nSPS) is 26.1. The number of halogens is 1. The van der Waals surface area contributed by atoms with Crippen LogP contribution in [0.4, 0.5) is 0 Å². The van der Waals surface area contributed by atoms with Gasteiger partial charge in [0.2, 0.25) is 0 Å². The van der Waals surface area contributed by atoms with Gasteiger partial charge in [-0.1, -0.05) is 48.5 Å². The van der Waals surface area contributed by atoms with Gasteiger partial charge >= 0.3 is 0 Å². The van der Waals surface area contributed by atoms with Crippen molar-refractivity contribution < 1.29 is 0 Å². The second-order valence-electron chi connectivity index (χ2n) is 4.85. The molecule has 0 bridgehead atoms. The molecule has 0 amide bonds. The van der Waals surface area contributed by atoms with Crippen LogP contribution in [0.25, 0.3) is 0 Å². The Morgan fingerprint density at radius 3 is 2.94 bits per heavy atom. The number of hydrogen-bond donors (Lipinski definition) is 1. The lowest BCUT2D eigenvalue weighted by Gasteiger charge is -2.35. The van der Waals surface area contributed by atoms with Gasteiger partial charge < -0.3 is 5.32 Å². The smallest absolute Gasteiger partial charge is 0.157 e. The van der Waals surface area contributed by atoms with E-state index in [0.29, 0.717) is 6.54 Å². The van der Waals surface area contributed by atoms with Crippen molar-refractivity contribution >= 4 is 28.5 Å². The Balaban J connectivity index is 2.04. The summed E-state index contributed by atoms with van der Waals surface area (Å²) in [6.07, 6.45) is 2.32. The van der Waals surface area contributed by atoms with Gasteiger partial charge in [0.05, 0.1) is 6.54 Å². The van der Waals surface area contributed by atoms with Gasteiger partial charge in [-0.25, -0.2) is 0 Å². The van der Waals surface area contributed by atoms with E-state index >= 15 is 0 Å². The van der Waals surface area contributed by atoms with Gasteiger partial charge in [0.15, 0.2) is 5.17 Å². The quantitative estimate of drug-likeness (QED) is 0.903. The molecule has 2 rings (SSSR count). The van der Waals surface area contributed by atoms with Crippen LogP contribution in [-0.4, -0.2) is 16.5 Å². The average molecular weight is 283 g/mol. The Kier molecular flexibility index (Phi) is 4.57. The minimum Gasteiger partial charge on any atom is -0.360 e. The van der Waals surface area contributed by atoms with Gasteiger partial charge in [-0.05, 0) is 31.4 Å². The van der Waals surface area contributed by atoms with Crippen molar-refractivity contribution in [3.63, 3.8) is 0 Å². The minimum atomic E-state index is 0.199. The summed E-state index contributed by atoms with van der Waals surface area (Å²) in [5, 5.41) is 5.38. The molecule has 1 heterocycles. The van der Waals surface area contributed by atoms with E-state index < -0.39 is 0 Å². The van der Waals surface area contributed by atoms with E-state index in [4.69, 9.17) is 11.6 Å². The van der Waals surface area contributed by atoms with E-state index in [1.165, 1.54) is 6.42 Å². The maximum atomic E-state index is 6.13. The third-order valence-corrected chi connectivity index (χ3v) is 4.71. The standard InChI is InChI=1S/C14H19ClN2S/c1-3-14(2)8-9-18-13(17-14)16-10-11-6-4-5-7-12(11)15/h4-7H,3,8-10H2,1-2H3,(H,16,17). The van der Waals surface area contributed by atoms with Crippen molar-refractivity contribution in [3.8, 4) is 0 Å². The molecule has 2 nitrogen and oxygen atoms in total. The third-order valence-electron chi connectivity index (χ3n) is 3.43. The van der Waals surface area contributed by atoms with Crippen LogP contribution >= 0.6 is 23.4 Å². The molecule has 1 aromatic carbocycles. The van der Waals surface area contributed by atoms with Crippen molar-refractivity contribution in [2.45, 2.75) is 38.8 Å². The van der Waals surface area contributed by atoms with Crippen molar-refractivity contribution in [2.75, 3.05) is 5.75 Å². The fourth-order valence-electron chi connectivity index (χ4n) is 1.86. The molecule has 1 aliphatic heterocycles. The first-order chi connectivity index (χ1) is 8.63. The molecule has 0 aliphatic carbocycles. The number of thioether (sulfide) groups is 1. The first-order valence-corrected chi connectivity index (χ1v) is 7.68. The number of rotatable bonds is 3. The maximum absolute atomic E-state index is 6.13. The molecule has 0 aromatic heterocycles. The predicted octanol–water partition coefficient (Wildman–Crippen LogP) is 4.09. The monoisotopic (exact) mass is 282 g/mol. The van der Waals surface area contributed by atoms with Crippen molar-refractivity contribution in [2.24, 2.45) is 4.99 Å². The van der Waals surface area contributed by atoms with Crippen LogP contribution in [0.3, 0.4) is 0 Å². The van der Waals surface area contributed by atoms with E-state index in [2.05, 4.69) is 24.2 Å². The molecule has 0 radical (unpaired) electrons. The fourth-order valence-corrected chi connectivity index (χ4v) is 3.28. The van der Waals surface area contributed by atoms with Gasteiger partial charge in [-0.2, -0.15) is 0 Å². The number of amidine groups is 1. The molecule has 1 saturated heterocycles. The van der Waals surface area contributed by atoms with Crippen LogP contribution < -0.4 is 5.32 Å².